The second-order valence-electron chi connectivity index (χ2n) is 5.22. The van der Waals surface area contributed by atoms with Gasteiger partial charge in [0.15, 0.2) is 0 Å². The summed E-state index contributed by atoms with van der Waals surface area (Å²) in [6.07, 6.45) is 6.33. The van der Waals surface area contributed by atoms with Gasteiger partial charge in [-0.3, -0.25) is 0 Å². The highest BCUT2D eigenvalue weighted by atomic mass is 32.2. The predicted molar refractivity (Wildman–Crippen MR) is 74.7 cm³/mol. The first-order valence-corrected chi connectivity index (χ1v) is 8.23. The fourth-order valence-corrected chi connectivity index (χ4v) is 4.27. The molecule has 5 heteroatoms. The van der Waals surface area contributed by atoms with Crippen molar-refractivity contribution in [1.82, 2.24) is 20.1 Å². The normalized spacial score (nSPS) is 28.1. The molecule has 2 atom stereocenters. The van der Waals surface area contributed by atoms with E-state index in [1.54, 1.807) is 0 Å². The third-order valence-electron chi connectivity index (χ3n) is 3.89. The van der Waals surface area contributed by atoms with Crippen LogP contribution in [0.5, 0.6) is 0 Å². The zero-order valence-corrected chi connectivity index (χ0v) is 11.9. The van der Waals surface area contributed by atoms with Crippen LogP contribution in [0.25, 0.3) is 0 Å². The van der Waals surface area contributed by atoms with Crippen molar-refractivity contribution in [2.24, 2.45) is 0 Å². The van der Waals surface area contributed by atoms with Crippen LogP contribution in [-0.4, -0.2) is 27.1 Å². The molecule has 2 aliphatic heterocycles. The number of aromatic nitrogens is 3. The van der Waals surface area contributed by atoms with Gasteiger partial charge in [-0.1, -0.05) is 19.8 Å². The third kappa shape index (κ3) is 2.30. The molecule has 2 unspecified atom stereocenters. The second-order valence-corrected chi connectivity index (χ2v) is 6.53. The summed E-state index contributed by atoms with van der Waals surface area (Å²) in [6, 6.07) is 0.415. The van der Waals surface area contributed by atoms with Crippen LogP contribution in [0.3, 0.4) is 0 Å². The summed E-state index contributed by atoms with van der Waals surface area (Å²) < 4.78 is 2.39. The Morgan fingerprint density at radius 1 is 1.33 bits per heavy atom. The van der Waals surface area contributed by atoms with Crippen molar-refractivity contribution in [3.63, 3.8) is 0 Å². The fourth-order valence-electron chi connectivity index (χ4n) is 2.96. The molecule has 0 bridgehead atoms. The summed E-state index contributed by atoms with van der Waals surface area (Å²) in [5, 5.41) is 13.1. The minimum absolute atomic E-state index is 0.415. The predicted octanol–water partition coefficient (Wildman–Crippen LogP) is 2.68. The molecule has 4 nitrogen and oxygen atoms in total. The minimum atomic E-state index is 0.415. The Kier molecular flexibility index (Phi) is 3.89. The lowest BCUT2D eigenvalue weighted by Crippen LogP contribution is -2.34. The van der Waals surface area contributed by atoms with E-state index in [1.807, 2.05) is 0 Å². The van der Waals surface area contributed by atoms with E-state index in [0.717, 1.165) is 19.5 Å². The second kappa shape index (κ2) is 5.61. The summed E-state index contributed by atoms with van der Waals surface area (Å²) in [6.45, 7) is 4.32. The Hall–Kier alpha value is -0.550. The molecule has 1 fully saturated rings. The molecule has 1 aromatic heterocycles. The van der Waals surface area contributed by atoms with Gasteiger partial charge in [0.2, 0.25) is 0 Å². The van der Waals surface area contributed by atoms with E-state index in [-0.39, 0.29) is 0 Å². The molecule has 0 spiro atoms. The molecule has 3 rings (SSSR count). The number of hydrogen-bond acceptors (Lipinski definition) is 4. The van der Waals surface area contributed by atoms with Crippen LogP contribution in [0.2, 0.25) is 0 Å². The lowest BCUT2D eigenvalue weighted by atomic mass is 10.1. The van der Waals surface area contributed by atoms with E-state index in [4.69, 9.17) is 0 Å². The first kappa shape index (κ1) is 12.5. The van der Waals surface area contributed by atoms with E-state index in [0.29, 0.717) is 11.3 Å². The Bertz CT molecular complexity index is 398. The lowest BCUT2D eigenvalue weighted by Gasteiger charge is -2.27. The highest BCUT2D eigenvalue weighted by molar-refractivity contribution is 7.99. The molecule has 0 aromatic carbocycles. The SMILES string of the molecule is CCCC1NCCn2c1nnc2C1CCCCS1. The van der Waals surface area contributed by atoms with Gasteiger partial charge in [0, 0.05) is 13.1 Å². The van der Waals surface area contributed by atoms with Crippen LogP contribution in [0.15, 0.2) is 0 Å². The van der Waals surface area contributed by atoms with Gasteiger partial charge in [-0.2, -0.15) is 11.8 Å². The zero-order valence-electron chi connectivity index (χ0n) is 11.1. The Balaban J connectivity index is 1.84. The molecule has 0 saturated carbocycles. The summed E-state index contributed by atoms with van der Waals surface area (Å²) in [4.78, 5) is 0. The average molecular weight is 266 g/mol. The molecule has 1 saturated heterocycles. The van der Waals surface area contributed by atoms with Crippen molar-refractivity contribution in [3.05, 3.63) is 11.6 Å². The summed E-state index contributed by atoms with van der Waals surface area (Å²) in [5.74, 6) is 3.69. The largest absolute Gasteiger partial charge is 0.311 e. The van der Waals surface area contributed by atoms with Gasteiger partial charge in [0.05, 0.1) is 11.3 Å². The van der Waals surface area contributed by atoms with Crippen LogP contribution in [-0.2, 0) is 6.54 Å². The number of nitrogens with one attached hydrogen (secondary N) is 1. The maximum atomic E-state index is 4.51. The van der Waals surface area contributed by atoms with Crippen LogP contribution in [0.1, 0.15) is 62.0 Å². The molecule has 0 amide bonds. The van der Waals surface area contributed by atoms with Crippen molar-refractivity contribution < 1.29 is 0 Å². The fraction of sp³-hybridized carbons (Fsp3) is 0.846. The molecule has 18 heavy (non-hydrogen) atoms. The summed E-state index contributed by atoms with van der Waals surface area (Å²) >= 11 is 2.06. The molecule has 0 aliphatic carbocycles. The Morgan fingerprint density at radius 3 is 3.00 bits per heavy atom. The molecule has 2 aliphatic rings. The van der Waals surface area contributed by atoms with Crippen molar-refractivity contribution in [1.29, 1.82) is 0 Å². The quantitative estimate of drug-likeness (QED) is 0.913. The minimum Gasteiger partial charge on any atom is -0.311 e. The lowest BCUT2D eigenvalue weighted by molar-refractivity contribution is 0.386. The molecule has 1 N–H and O–H groups in total. The molecule has 3 heterocycles. The van der Waals surface area contributed by atoms with Crippen LogP contribution in [0.4, 0.5) is 0 Å². The van der Waals surface area contributed by atoms with Crippen LogP contribution >= 0.6 is 11.8 Å². The zero-order chi connectivity index (χ0) is 12.4. The standard InChI is InChI=1S/C13H22N4S/c1-2-5-10-12-15-16-13(17(12)8-7-14-10)11-6-3-4-9-18-11/h10-11,14H,2-9H2,1H3. The number of thioether (sulfide) groups is 1. The van der Waals surface area contributed by atoms with Gasteiger partial charge < -0.3 is 9.88 Å². The summed E-state index contributed by atoms with van der Waals surface area (Å²) in [7, 11) is 0. The molecular formula is C13H22N4S. The number of fused-ring (bicyclic) bond motifs is 1. The summed E-state index contributed by atoms with van der Waals surface area (Å²) in [5.41, 5.74) is 0. The van der Waals surface area contributed by atoms with Gasteiger partial charge in [0.25, 0.3) is 0 Å². The molecule has 1 aromatic rings. The van der Waals surface area contributed by atoms with E-state index in [2.05, 4.69) is 38.8 Å². The van der Waals surface area contributed by atoms with Crippen molar-refractivity contribution >= 4 is 11.8 Å². The maximum absolute atomic E-state index is 4.51. The first-order chi connectivity index (χ1) is 8.90. The van der Waals surface area contributed by atoms with Crippen LogP contribution in [0, 0.1) is 0 Å². The van der Waals surface area contributed by atoms with Crippen molar-refractivity contribution in [2.45, 2.75) is 56.9 Å². The van der Waals surface area contributed by atoms with E-state index in [1.165, 1.54) is 43.1 Å². The van der Waals surface area contributed by atoms with Gasteiger partial charge >= 0.3 is 0 Å². The van der Waals surface area contributed by atoms with Crippen LogP contribution < -0.4 is 5.32 Å². The number of hydrogen-bond donors (Lipinski definition) is 1. The smallest absolute Gasteiger partial charge is 0.150 e. The first-order valence-electron chi connectivity index (χ1n) is 7.18. The highest BCUT2D eigenvalue weighted by Crippen LogP contribution is 2.38. The molecule has 0 radical (unpaired) electrons. The van der Waals surface area contributed by atoms with Gasteiger partial charge in [0.1, 0.15) is 11.6 Å². The molecule has 100 valence electrons. The topological polar surface area (TPSA) is 42.7 Å². The van der Waals surface area contributed by atoms with E-state index < -0.39 is 0 Å². The van der Waals surface area contributed by atoms with E-state index in [9.17, 15) is 0 Å². The third-order valence-corrected chi connectivity index (χ3v) is 5.26. The van der Waals surface area contributed by atoms with Gasteiger partial charge in [-0.05, 0) is 25.0 Å². The van der Waals surface area contributed by atoms with Crippen molar-refractivity contribution in [2.75, 3.05) is 12.3 Å². The Labute approximate surface area is 113 Å². The van der Waals surface area contributed by atoms with Crippen molar-refractivity contribution in [3.8, 4) is 0 Å². The average Bonchev–Trinajstić information content (AvgIpc) is 2.85. The number of nitrogens with zero attached hydrogens (tertiary/aromatic N) is 3. The monoisotopic (exact) mass is 266 g/mol. The van der Waals surface area contributed by atoms with Gasteiger partial charge in [-0.25, -0.2) is 0 Å². The Morgan fingerprint density at radius 2 is 2.22 bits per heavy atom. The van der Waals surface area contributed by atoms with E-state index >= 15 is 0 Å². The van der Waals surface area contributed by atoms with Gasteiger partial charge in [-0.15, -0.1) is 10.2 Å². The molecular weight excluding hydrogens is 244 g/mol. The maximum Gasteiger partial charge on any atom is 0.150 e. The highest BCUT2D eigenvalue weighted by Gasteiger charge is 2.28. The number of rotatable bonds is 3.